The topological polar surface area (TPSA) is 193 Å². The number of aliphatic imine (C=N–C) groups is 1. The number of ether oxygens (including phenoxy) is 1. The third-order valence-corrected chi connectivity index (χ3v) is 5.29. The second kappa shape index (κ2) is 6.22. The van der Waals surface area contributed by atoms with E-state index in [2.05, 4.69) is 20.6 Å². The van der Waals surface area contributed by atoms with E-state index < -0.39 is 42.3 Å². The summed E-state index contributed by atoms with van der Waals surface area (Å²) < 4.78 is 5.30. The molecule has 12 nitrogen and oxygen atoms in total. The lowest BCUT2D eigenvalue weighted by atomic mass is 9.86. The van der Waals surface area contributed by atoms with Crippen LogP contribution in [0.25, 0.3) is 0 Å². The first-order valence-electron chi connectivity index (χ1n) is 8.66. The Hall–Kier alpha value is -3.09. The fourth-order valence-electron chi connectivity index (χ4n) is 4.06. The molecule has 1 fully saturated rings. The number of para-hydroxylation sites is 1. The third-order valence-electron chi connectivity index (χ3n) is 5.29. The zero-order valence-electron chi connectivity index (χ0n) is 14.7. The van der Waals surface area contributed by atoms with Crippen molar-refractivity contribution in [2.45, 2.75) is 29.6 Å². The van der Waals surface area contributed by atoms with Crippen LogP contribution < -0.4 is 27.1 Å². The number of benzene rings is 1. The molecule has 0 unspecified atom stereocenters. The molecule has 4 atom stereocenters. The number of hydrogen-bond acceptors (Lipinski definition) is 10. The summed E-state index contributed by atoms with van der Waals surface area (Å²) in [4.78, 5) is 20.7. The van der Waals surface area contributed by atoms with E-state index in [0.29, 0.717) is 5.69 Å². The van der Waals surface area contributed by atoms with Crippen LogP contribution in [-0.4, -0.2) is 81.0 Å². The summed E-state index contributed by atoms with van der Waals surface area (Å²) >= 11 is 0. The van der Waals surface area contributed by atoms with Gasteiger partial charge in [0.15, 0.2) is 18.1 Å². The maximum absolute atomic E-state index is 12.3. The molecular formula is C16H22N7O5+. The molecule has 0 radical (unpaired) electrons. The van der Waals surface area contributed by atoms with Crippen molar-refractivity contribution in [1.29, 1.82) is 0 Å². The zero-order valence-corrected chi connectivity index (χ0v) is 14.7. The van der Waals surface area contributed by atoms with Crippen LogP contribution in [0.5, 0.6) is 0 Å². The second-order valence-electron chi connectivity index (χ2n) is 6.89. The van der Waals surface area contributed by atoms with E-state index in [4.69, 9.17) is 16.2 Å². The van der Waals surface area contributed by atoms with E-state index in [1.807, 2.05) is 0 Å². The van der Waals surface area contributed by atoms with Gasteiger partial charge in [0.05, 0.1) is 13.2 Å². The fourth-order valence-corrected chi connectivity index (χ4v) is 4.06. The highest BCUT2D eigenvalue weighted by Gasteiger charge is 2.77. The maximum atomic E-state index is 12.3. The van der Waals surface area contributed by atoms with Gasteiger partial charge in [0.25, 0.3) is 11.4 Å². The van der Waals surface area contributed by atoms with E-state index >= 15 is 0 Å². The molecule has 0 bridgehead atoms. The molecule has 3 heterocycles. The molecule has 0 aromatic heterocycles. The van der Waals surface area contributed by atoms with Crippen LogP contribution in [0.15, 0.2) is 35.3 Å². The minimum atomic E-state index is -2.60. The van der Waals surface area contributed by atoms with E-state index in [1.165, 1.54) is 4.90 Å². The summed E-state index contributed by atoms with van der Waals surface area (Å²) in [6, 6.07) is 6.95. The standard InChI is InChI=1S/C16H21N7O5/c17-12-21-11-9(7-24)20-13(18)23-6-10(16(26,27)15(11,23)22-12)28-14(25)19-8-4-2-1-3-5-8/h1-5,9-11,24,26-27H,6-7H2,(H2,18,20)(H,19,25)(H3,17,21,22)/p+1/t9-,10-,11-,15-/m0/s1. The predicted molar refractivity (Wildman–Crippen MR) is 96.5 cm³/mol. The highest BCUT2D eigenvalue weighted by molar-refractivity contribution is 5.86. The van der Waals surface area contributed by atoms with Crippen molar-refractivity contribution in [2.75, 3.05) is 18.5 Å². The first kappa shape index (κ1) is 18.3. The quantitative estimate of drug-likeness (QED) is 0.234. The number of nitrogens with zero attached hydrogens (tertiary/aromatic N) is 2. The number of aliphatic hydroxyl groups is 3. The number of aliphatic hydroxyl groups excluding tert-OH is 1. The van der Waals surface area contributed by atoms with Gasteiger partial charge in [0, 0.05) is 5.69 Å². The molecule has 1 spiro atoms. The van der Waals surface area contributed by atoms with Gasteiger partial charge in [0.1, 0.15) is 6.04 Å². The van der Waals surface area contributed by atoms with Crippen molar-refractivity contribution < 1.29 is 29.8 Å². The Morgan fingerprint density at radius 3 is 2.79 bits per heavy atom. The lowest BCUT2D eigenvalue weighted by Gasteiger charge is -2.45. The summed E-state index contributed by atoms with van der Waals surface area (Å²) in [6.07, 6.45) is -2.25. The van der Waals surface area contributed by atoms with E-state index in [-0.39, 0.29) is 18.5 Å². The number of anilines is 1. The maximum Gasteiger partial charge on any atom is 0.412 e. The van der Waals surface area contributed by atoms with Crippen LogP contribution >= 0.6 is 0 Å². The fraction of sp³-hybridized carbons (Fsp3) is 0.438. The summed E-state index contributed by atoms with van der Waals surface area (Å²) in [6.45, 7) is -0.555. The Balaban J connectivity index is 1.61. The molecule has 150 valence electrons. The minimum absolute atomic E-state index is 0.0404. The predicted octanol–water partition coefficient (Wildman–Crippen LogP) is -4.65. The lowest BCUT2D eigenvalue weighted by Crippen LogP contribution is -2.90. The Labute approximate surface area is 159 Å². The Bertz CT molecular complexity index is 845. The van der Waals surface area contributed by atoms with Crippen LogP contribution in [0.3, 0.4) is 0 Å². The highest BCUT2D eigenvalue weighted by Crippen LogP contribution is 2.42. The largest absolute Gasteiger partial charge is 0.438 e. The summed E-state index contributed by atoms with van der Waals surface area (Å²) in [5.41, 5.74) is 10.6. The van der Waals surface area contributed by atoms with Crippen LogP contribution in [-0.2, 0) is 4.74 Å². The average Bonchev–Trinajstić information content (AvgIpc) is 3.11. The first-order chi connectivity index (χ1) is 13.3. The Morgan fingerprint density at radius 2 is 2.11 bits per heavy atom. The molecule has 3 aliphatic heterocycles. The van der Waals surface area contributed by atoms with Crippen LogP contribution in [0, 0.1) is 0 Å². The Morgan fingerprint density at radius 1 is 1.39 bits per heavy atom. The molecule has 12 heteroatoms. The van der Waals surface area contributed by atoms with Crippen molar-refractivity contribution in [3.05, 3.63) is 30.3 Å². The average molecular weight is 392 g/mol. The van der Waals surface area contributed by atoms with Gasteiger partial charge in [-0.1, -0.05) is 18.2 Å². The number of hydrogen-bond donors (Lipinski definition) is 8. The van der Waals surface area contributed by atoms with Gasteiger partial charge in [-0.3, -0.25) is 20.9 Å². The second-order valence-corrected chi connectivity index (χ2v) is 6.89. The SMILES string of the molecule is NC1=N[C@@H](CO)[C@@H]2[NH+]=C(N)N[C@]23N1C[C@H](OC(=O)Nc1ccccc1)C3(O)O. The summed E-state index contributed by atoms with van der Waals surface area (Å²) in [5, 5.41) is 37.0. The summed E-state index contributed by atoms with van der Waals surface area (Å²) in [7, 11) is 0. The number of carbonyl (C=O) groups excluding carboxylic acids is 1. The van der Waals surface area contributed by atoms with Crippen LogP contribution in [0.2, 0.25) is 0 Å². The number of carbonyl (C=O) groups is 1. The number of amides is 1. The first-order valence-corrected chi connectivity index (χ1v) is 8.66. The van der Waals surface area contributed by atoms with Gasteiger partial charge >= 0.3 is 12.1 Å². The van der Waals surface area contributed by atoms with Crippen molar-refractivity contribution in [3.63, 3.8) is 0 Å². The minimum Gasteiger partial charge on any atom is -0.438 e. The number of nitrogens with one attached hydrogen (secondary N) is 3. The van der Waals surface area contributed by atoms with E-state index in [0.717, 1.165) is 0 Å². The van der Waals surface area contributed by atoms with E-state index in [1.54, 1.807) is 30.3 Å². The Kier molecular flexibility index (Phi) is 4.06. The molecule has 1 aromatic carbocycles. The van der Waals surface area contributed by atoms with Gasteiger partial charge in [-0.05, 0) is 12.1 Å². The molecule has 4 rings (SSSR count). The van der Waals surface area contributed by atoms with Crippen molar-refractivity contribution in [1.82, 2.24) is 10.2 Å². The van der Waals surface area contributed by atoms with Crippen molar-refractivity contribution in [3.8, 4) is 0 Å². The lowest BCUT2D eigenvalue weighted by molar-refractivity contribution is -0.523. The molecule has 1 amide bonds. The third kappa shape index (κ3) is 2.46. The molecule has 10 N–H and O–H groups in total. The van der Waals surface area contributed by atoms with Crippen molar-refractivity contribution in [2.24, 2.45) is 16.5 Å². The van der Waals surface area contributed by atoms with E-state index in [9.17, 15) is 20.1 Å². The number of nitrogens with two attached hydrogens (primary N) is 2. The highest BCUT2D eigenvalue weighted by atomic mass is 16.6. The van der Waals surface area contributed by atoms with Crippen molar-refractivity contribution >= 4 is 23.7 Å². The van der Waals surface area contributed by atoms with Gasteiger partial charge in [0.2, 0.25) is 0 Å². The molecule has 0 aliphatic carbocycles. The van der Waals surface area contributed by atoms with Crippen LogP contribution in [0.4, 0.5) is 10.5 Å². The number of rotatable bonds is 3. The van der Waals surface area contributed by atoms with Gasteiger partial charge in [-0.15, -0.1) is 0 Å². The van der Waals surface area contributed by atoms with Crippen LogP contribution in [0.1, 0.15) is 0 Å². The molecule has 28 heavy (non-hydrogen) atoms. The molecule has 1 saturated heterocycles. The smallest absolute Gasteiger partial charge is 0.412 e. The van der Waals surface area contributed by atoms with Gasteiger partial charge < -0.3 is 25.8 Å². The molecular weight excluding hydrogens is 370 g/mol. The zero-order chi connectivity index (χ0) is 20.1. The molecule has 1 aromatic rings. The van der Waals surface area contributed by atoms with Gasteiger partial charge in [-0.2, -0.15) is 0 Å². The molecule has 3 aliphatic rings. The molecule has 0 saturated carbocycles. The number of guanidine groups is 2. The summed E-state index contributed by atoms with van der Waals surface area (Å²) in [5.74, 6) is -2.59. The monoisotopic (exact) mass is 392 g/mol. The van der Waals surface area contributed by atoms with Gasteiger partial charge in [-0.25, -0.2) is 15.1 Å². The normalized spacial score (nSPS) is 32.5.